The van der Waals surface area contributed by atoms with Gasteiger partial charge in [-0.1, -0.05) is 36.4 Å². The fourth-order valence-corrected chi connectivity index (χ4v) is 3.35. The number of nitrogens with zero attached hydrogens (tertiary/aromatic N) is 2. The quantitative estimate of drug-likeness (QED) is 0.871. The predicted molar refractivity (Wildman–Crippen MR) is 92.3 cm³/mol. The van der Waals surface area contributed by atoms with Crippen LogP contribution in [0.5, 0.6) is 0 Å². The normalized spacial score (nSPS) is 17.7. The third kappa shape index (κ3) is 2.81. The monoisotopic (exact) mass is 310 g/mol. The highest BCUT2D eigenvalue weighted by molar-refractivity contribution is 6.05. The molecule has 4 nitrogen and oxygen atoms in total. The Morgan fingerprint density at radius 1 is 1.17 bits per heavy atom. The van der Waals surface area contributed by atoms with Crippen molar-refractivity contribution in [1.29, 1.82) is 0 Å². The number of anilines is 1. The first-order valence-corrected chi connectivity index (χ1v) is 8.22. The zero-order valence-corrected chi connectivity index (χ0v) is 13.7. The Labute approximate surface area is 136 Å². The van der Waals surface area contributed by atoms with Crippen LogP contribution in [0.2, 0.25) is 0 Å². The van der Waals surface area contributed by atoms with Crippen LogP contribution in [0.4, 0.5) is 5.69 Å². The van der Waals surface area contributed by atoms with Crippen molar-refractivity contribution < 1.29 is 9.59 Å². The van der Waals surface area contributed by atoms with E-state index in [1.54, 1.807) is 4.90 Å². The average Bonchev–Trinajstić information content (AvgIpc) is 2.96. The van der Waals surface area contributed by atoms with Crippen molar-refractivity contribution in [1.82, 2.24) is 4.90 Å². The summed E-state index contributed by atoms with van der Waals surface area (Å²) in [4.78, 5) is 28.5. The van der Waals surface area contributed by atoms with Crippen LogP contribution in [0, 0.1) is 5.92 Å². The number of hydrogen-bond donors (Lipinski definition) is 0. The third-order valence-electron chi connectivity index (χ3n) is 4.59. The number of amides is 2. The molecule has 0 saturated carbocycles. The first kappa shape index (κ1) is 15.5. The SMILES string of the molecule is CCN1CC(C(=O)N(CC)c2cccc3ccccc23)CC1=O. The van der Waals surface area contributed by atoms with Crippen molar-refractivity contribution in [2.75, 3.05) is 24.5 Å². The Morgan fingerprint density at radius 2 is 1.91 bits per heavy atom. The summed E-state index contributed by atoms with van der Waals surface area (Å²) in [5.74, 6) is -0.102. The maximum Gasteiger partial charge on any atom is 0.232 e. The van der Waals surface area contributed by atoms with Gasteiger partial charge in [0.15, 0.2) is 0 Å². The van der Waals surface area contributed by atoms with E-state index in [2.05, 4.69) is 12.1 Å². The van der Waals surface area contributed by atoms with E-state index in [9.17, 15) is 9.59 Å². The molecule has 1 aliphatic heterocycles. The molecule has 0 radical (unpaired) electrons. The van der Waals surface area contributed by atoms with Gasteiger partial charge < -0.3 is 9.80 Å². The highest BCUT2D eigenvalue weighted by Gasteiger charge is 2.36. The van der Waals surface area contributed by atoms with Gasteiger partial charge in [-0.05, 0) is 25.3 Å². The molecule has 1 atom stereocenters. The van der Waals surface area contributed by atoms with Gasteiger partial charge in [0.25, 0.3) is 0 Å². The molecular weight excluding hydrogens is 288 g/mol. The minimum atomic E-state index is -0.235. The molecule has 0 N–H and O–H groups in total. The number of hydrogen-bond acceptors (Lipinski definition) is 2. The van der Waals surface area contributed by atoms with Crippen molar-refractivity contribution in [2.24, 2.45) is 5.92 Å². The molecule has 3 rings (SSSR count). The van der Waals surface area contributed by atoms with E-state index in [1.807, 2.05) is 49.1 Å². The molecule has 23 heavy (non-hydrogen) atoms. The average molecular weight is 310 g/mol. The number of carbonyl (C=O) groups is 2. The summed E-state index contributed by atoms with van der Waals surface area (Å²) in [7, 11) is 0. The molecule has 1 fully saturated rings. The molecule has 0 bridgehead atoms. The van der Waals surface area contributed by atoms with Crippen LogP contribution < -0.4 is 4.90 Å². The van der Waals surface area contributed by atoms with Gasteiger partial charge in [-0.3, -0.25) is 9.59 Å². The topological polar surface area (TPSA) is 40.6 Å². The fourth-order valence-electron chi connectivity index (χ4n) is 3.35. The van der Waals surface area contributed by atoms with E-state index in [4.69, 9.17) is 0 Å². The zero-order valence-electron chi connectivity index (χ0n) is 13.7. The molecule has 4 heteroatoms. The second kappa shape index (κ2) is 6.41. The highest BCUT2D eigenvalue weighted by Crippen LogP contribution is 2.29. The smallest absolute Gasteiger partial charge is 0.232 e. The second-order valence-corrected chi connectivity index (χ2v) is 5.91. The standard InChI is InChI=1S/C19H22N2O2/c1-3-20-13-15(12-18(20)22)19(23)21(4-2)17-11-7-9-14-8-5-6-10-16(14)17/h5-11,15H,3-4,12-13H2,1-2H3. The summed E-state index contributed by atoms with van der Waals surface area (Å²) < 4.78 is 0. The summed E-state index contributed by atoms with van der Waals surface area (Å²) >= 11 is 0. The van der Waals surface area contributed by atoms with Crippen molar-refractivity contribution >= 4 is 28.3 Å². The molecule has 120 valence electrons. The van der Waals surface area contributed by atoms with Crippen LogP contribution in [0.25, 0.3) is 10.8 Å². The van der Waals surface area contributed by atoms with Gasteiger partial charge in [-0.15, -0.1) is 0 Å². The van der Waals surface area contributed by atoms with Crippen LogP contribution in [-0.4, -0.2) is 36.3 Å². The van der Waals surface area contributed by atoms with Crippen molar-refractivity contribution in [2.45, 2.75) is 20.3 Å². The Kier molecular flexibility index (Phi) is 4.33. The minimum Gasteiger partial charge on any atom is -0.342 e. The summed E-state index contributed by atoms with van der Waals surface area (Å²) in [5, 5.41) is 2.19. The van der Waals surface area contributed by atoms with Crippen molar-refractivity contribution in [3.63, 3.8) is 0 Å². The van der Waals surface area contributed by atoms with E-state index in [1.165, 1.54) is 0 Å². The number of benzene rings is 2. The summed E-state index contributed by atoms with van der Waals surface area (Å²) in [6.45, 7) is 5.74. The van der Waals surface area contributed by atoms with Crippen molar-refractivity contribution in [3.8, 4) is 0 Å². The van der Waals surface area contributed by atoms with Gasteiger partial charge in [-0.25, -0.2) is 0 Å². The van der Waals surface area contributed by atoms with Gasteiger partial charge >= 0.3 is 0 Å². The Morgan fingerprint density at radius 3 is 2.61 bits per heavy atom. The van der Waals surface area contributed by atoms with E-state index in [-0.39, 0.29) is 17.7 Å². The largest absolute Gasteiger partial charge is 0.342 e. The fraction of sp³-hybridized carbons (Fsp3) is 0.368. The van der Waals surface area contributed by atoms with Crippen LogP contribution >= 0.6 is 0 Å². The summed E-state index contributed by atoms with van der Waals surface area (Å²) in [6, 6.07) is 14.1. The van der Waals surface area contributed by atoms with E-state index < -0.39 is 0 Å². The molecule has 2 aromatic rings. The third-order valence-corrected chi connectivity index (χ3v) is 4.59. The number of carbonyl (C=O) groups excluding carboxylic acids is 2. The lowest BCUT2D eigenvalue weighted by Crippen LogP contribution is -2.37. The molecule has 1 aliphatic rings. The van der Waals surface area contributed by atoms with Crippen LogP contribution in [0.3, 0.4) is 0 Å². The van der Waals surface area contributed by atoms with Gasteiger partial charge in [0.2, 0.25) is 11.8 Å². The van der Waals surface area contributed by atoms with Gasteiger partial charge in [-0.2, -0.15) is 0 Å². The van der Waals surface area contributed by atoms with Gasteiger partial charge in [0.05, 0.1) is 11.6 Å². The zero-order chi connectivity index (χ0) is 16.4. The first-order chi connectivity index (χ1) is 11.2. The molecular formula is C19H22N2O2. The van der Waals surface area contributed by atoms with Crippen LogP contribution in [0.15, 0.2) is 42.5 Å². The van der Waals surface area contributed by atoms with Crippen LogP contribution in [0.1, 0.15) is 20.3 Å². The maximum atomic E-state index is 13.0. The van der Waals surface area contributed by atoms with Gasteiger partial charge in [0, 0.05) is 31.4 Å². The van der Waals surface area contributed by atoms with E-state index in [0.717, 1.165) is 16.5 Å². The maximum absolute atomic E-state index is 13.0. The lowest BCUT2D eigenvalue weighted by Gasteiger charge is -2.25. The Bertz CT molecular complexity index is 736. The molecule has 2 amide bonds. The highest BCUT2D eigenvalue weighted by atomic mass is 16.2. The molecule has 1 unspecified atom stereocenters. The summed E-state index contributed by atoms with van der Waals surface area (Å²) in [5.41, 5.74) is 0.929. The van der Waals surface area contributed by atoms with Crippen molar-refractivity contribution in [3.05, 3.63) is 42.5 Å². The number of likely N-dealkylation sites (tertiary alicyclic amines) is 1. The molecule has 0 aromatic heterocycles. The molecule has 0 spiro atoms. The lowest BCUT2D eigenvalue weighted by atomic mass is 10.0. The lowest BCUT2D eigenvalue weighted by molar-refractivity contribution is -0.128. The van der Waals surface area contributed by atoms with E-state index in [0.29, 0.717) is 26.1 Å². The minimum absolute atomic E-state index is 0.0492. The number of rotatable bonds is 4. The van der Waals surface area contributed by atoms with Crippen LogP contribution in [-0.2, 0) is 9.59 Å². The predicted octanol–water partition coefficient (Wildman–Crippen LogP) is 3.06. The Balaban J connectivity index is 1.93. The Hall–Kier alpha value is -2.36. The molecule has 0 aliphatic carbocycles. The van der Waals surface area contributed by atoms with Gasteiger partial charge in [0.1, 0.15) is 0 Å². The molecule has 1 saturated heterocycles. The second-order valence-electron chi connectivity index (χ2n) is 5.91. The van der Waals surface area contributed by atoms with E-state index >= 15 is 0 Å². The number of fused-ring (bicyclic) bond motifs is 1. The molecule has 2 aromatic carbocycles. The molecule has 1 heterocycles. The first-order valence-electron chi connectivity index (χ1n) is 8.22. The summed E-state index contributed by atoms with van der Waals surface area (Å²) in [6.07, 6.45) is 0.327.